The Morgan fingerprint density at radius 3 is 1.94 bits per heavy atom. The summed E-state index contributed by atoms with van der Waals surface area (Å²) in [6, 6.07) is 5.74. The Hall–Kier alpha value is -2.83. The Morgan fingerprint density at radius 2 is 1.45 bits per heavy atom. The average molecular weight is 459 g/mol. The quantitative estimate of drug-likeness (QED) is 0.297. The molecule has 4 fully saturated rings. The van der Waals surface area contributed by atoms with Gasteiger partial charge in [-0.2, -0.15) is 0 Å². The average Bonchev–Trinajstić information content (AvgIpc) is 2.79. The summed E-state index contributed by atoms with van der Waals surface area (Å²) in [5.41, 5.74) is -1.83. The van der Waals surface area contributed by atoms with Gasteiger partial charge in [-0.15, -0.1) is 0 Å². The summed E-state index contributed by atoms with van der Waals surface area (Å²) in [6.07, 6.45) is 6.44. The molecule has 0 aliphatic heterocycles. The molecule has 0 spiro atoms. The number of halogens is 4. The summed E-state index contributed by atoms with van der Waals surface area (Å²) in [6.45, 7) is 5.22. The van der Waals surface area contributed by atoms with Gasteiger partial charge in [-0.25, -0.2) is 22.4 Å². The predicted octanol–water partition coefficient (Wildman–Crippen LogP) is 7.00. The molecule has 2 aromatic rings. The fourth-order valence-electron chi connectivity index (χ4n) is 6.32. The molecule has 4 bridgehead atoms. The van der Waals surface area contributed by atoms with E-state index in [-0.39, 0.29) is 5.69 Å². The van der Waals surface area contributed by atoms with Crippen LogP contribution in [-0.2, 0) is 4.74 Å². The van der Waals surface area contributed by atoms with Gasteiger partial charge in [-0.3, -0.25) is 0 Å². The van der Waals surface area contributed by atoms with Gasteiger partial charge in [-0.1, -0.05) is 12.7 Å². The van der Waals surface area contributed by atoms with Crippen LogP contribution in [0, 0.1) is 46.9 Å². The molecule has 0 saturated heterocycles. The second kappa shape index (κ2) is 7.89. The molecule has 3 nitrogen and oxygen atoms in total. The topological polar surface area (TPSA) is 38.3 Å². The van der Waals surface area contributed by atoms with E-state index >= 15 is 0 Å². The second-order valence-corrected chi connectivity index (χ2v) is 9.83. The molecule has 7 heteroatoms. The van der Waals surface area contributed by atoms with Crippen molar-refractivity contribution in [1.29, 1.82) is 0 Å². The molecular formula is C26H25F4NO2. The zero-order valence-electron chi connectivity index (χ0n) is 18.3. The second-order valence-electron chi connectivity index (χ2n) is 9.83. The van der Waals surface area contributed by atoms with Crippen LogP contribution < -0.4 is 5.32 Å². The number of rotatable bonds is 5. The standard InChI is InChI=1S/C26H25F4NO2/c1-3-19-20(27)22(29)24(23(30)21(19)28)31-18-6-4-15(5-7-18)25(32)33-26(2)16-9-13-8-14(11-16)12-17(26)10-13/h3-7,13-14,16-17,31H,1,8-12H2,2H3. The minimum Gasteiger partial charge on any atom is -0.455 e. The molecule has 6 rings (SSSR count). The maximum atomic E-state index is 14.3. The van der Waals surface area contributed by atoms with E-state index in [4.69, 9.17) is 4.74 Å². The third-order valence-electron chi connectivity index (χ3n) is 7.96. The Kier molecular flexibility index (Phi) is 5.26. The molecule has 174 valence electrons. The fraction of sp³-hybridized carbons (Fsp3) is 0.423. The lowest BCUT2D eigenvalue weighted by atomic mass is 9.50. The molecule has 2 aromatic carbocycles. The third kappa shape index (κ3) is 3.52. The number of anilines is 2. The first kappa shape index (κ1) is 22.0. The Balaban J connectivity index is 1.33. The fourth-order valence-corrected chi connectivity index (χ4v) is 6.32. The summed E-state index contributed by atoms with van der Waals surface area (Å²) >= 11 is 0. The molecular weight excluding hydrogens is 434 g/mol. The van der Waals surface area contributed by atoms with Crippen molar-refractivity contribution in [3.8, 4) is 0 Å². The number of hydrogen-bond donors (Lipinski definition) is 1. The third-order valence-corrected chi connectivity index (χ3v) is 7.96. The zero-order chi connectivity index (χ0) is 23.5. The summed E-state index contributed by atoms with van der Waals surface area (Å²) in [5.74, 6) is -4.35. The number of carbonyl (C=O) groups is 1. The van der Waals surface area contributed by atoms with Crippen molar-refractivity contribution in [3.63, 3.8) is 0 Å². The number of hydrogen-bond acceptors (Lipinski definition) is 3. The van der Waals surface area contributed by atoms with E-state index in [2.05, 4.69) is 18.8 Å². The summed E-state index contributed by atoms with van der Waals surface area (Å²) in [5, 5.41) is 2.35. The summed E-state index contributed by atoms with van der Waals surface area (Å²) < 4.78 is 62.6. The molecule has 0 heterocycles. The number of benzene rings is 2. The first-order valence-corrected chi connectivity index (χ1v) is 11.3. The van der Waals surface area contributed by atoms with Crippen molar-refractivity contribution in [2.75, 3.05) is 5.32 Å². The van der Waals surface area contributed by atoms with Gasteiger partial charge in [0.25, 0.3) is 0 Å². The Bertz CT molecular complexity index is 1070. The monoisotopic (exact) mass is 459 g/mol. The van der Waals surface area contributed by atoms with Crippen molar-refractivity contribution in [2.24, 2.45) is 23.7 Å². The molecule has 4 saturated carbocycles. The smallest absolute Gasteiger partial charge is 0.338 e. The van der Waals surface area contributed by atoms with Crippen LogP contribution in [0.3, 0.4) is 0 Å². The van der Waals surface area contributed by atoms with Crippen LogP contribution in [-0.4, -0.2) is 11.6 Å². The number of carbonyl (C=O) groups excluding carboxylic acids is 1. The van der Waals surface area contributed by atoms with Crippen molar-refractivity contribution in [1.82, 2.24) is 0 Å². The normalized spacial score (nSPS) is 29.7. The highest BCUT2D eigenvalue weighted by Crippen LogP contribution is 2.59. The zero-order valence-corrected chi connectivity index (χ0v) is 18.3. The lowest BCUT2D eigenvalue weighted by Gasteiger charge is -2.59. The summed E-state index contributed by atoms with van der Waals surface area (Å²) in [7, 11) is 0. The molecule has 0 unspecified atom stereocenters. The maximum Gasteiger partial charge on any atom is 0.338 e. The molecule has 33 heavy (non-hydrogen) atoms. The van der Waals surface area contributed by atoms with Crippen molar-refractivity contribution in [2.45, 2.75) is 44.6 Å². The number of nitrogens with one attached hydrogen (secondary N) is 1. The number of ether oxygens (including phenoxy) is 1. The van der Waals surface area contributed by atoms with Gasteiger partial charge in [0.2, 0.25) is 0 Å². The van der Waals surface area contributed by atoms with E-state index in [1.807, 2.05) is 0 Å². The van der Waals surface area contributed by atoms with Crippen LogP contribution in [0.5, 0.6) is 0 Å². The molecule has 0 amide bonds. The van der Waals surface area contributed by atoms with Gasteiger partial charge < -0.3 is 10.1 Å². The van der Waals surface area contributed by atoms with Crippen LogP contribution in [0.1, 0.15) is 54.9 Å². The highest BCUT2D eigenvalue weighted by Gasteiger charge is 2.57. The molecule has 0 radical (unpaired) electrons. The van der Waals surface area contributed by atoms with Crippen molar-refractivity contribution in [3.05, 3.63) is 65.2 Å². The Morgan fingerprint density at radius 1 is 0.939 bits per heavy atom. The van der Waals surface area contributed by atoms with E-state index < -0.39 is 46.1 Å². The van der Waals surface area contributed by atoms with Crippen LogP contribution in [0.4, 0.5) is 28.9 Å². The van der Waals surface area contributed by atoms with Gasteiger partial charge >= 0.3 is 5.97 Å². The van der Waals surface area contributed by atoms with Crippen LogP contribution in [0.2, 0.25) is 0 Å². The minimum atomic E-state index is -1.55. The molecule has 4 aliphatic rings. The van der Waals surface area contributed by atoms with Crippen LogP contribution in [0.15, 0.2) is 30.8 Å². The van der Waals surface area contributed by atoms with Gasteiger partial charge in [0.1, 0.15) is 11.3 Å². The minimum absolute atomic E-state index is 0.162. The van der Waals surface area contributed by atoms with E-state index in [0.29, 0.717) is 23.5 Å². The molecule has 0 atom stereocenters. The maximum absolute atomic E-state index is 14.3. The lowest BCUT2D eigenvalue weighted by Crippen LogP contribution is -2.58. The number of esters is 1. The van der Waals surface area contributed by atoms with Crippen LogP contribution >= 0.6 is 0 Å². The molecule has 4 aliphatic carbocycles. The molecule has 0 aromatic heterocycles. The predicted molar refractivity (Wildman–Crippen MR) is 117 cm³/mol. The summed E-state index contributed by atoms with van der Waals surface area (Å²) in [4.78, 5) is 12.9. The van der Waals surface area contributed by atoms with E-state index in [0.717, 1.165) is 37.5 Å². The van der Waals surface area contributed by atoms with E-state index in [1.165, 1.54) is 30.7 Å². The lowest BCUT2D eigenvalue weighted by molar-refractivity contribution is -0.165. The van der Waals surface area contributed by atoms with Gasteiger partial charge in [0.15, 0.2) is 23.3 Å². The van der Waals surface area contributed by atoms with Gasteiger partial charge in [-0.05, 0) is 87.0 Å². The van der Waals surface area contributed by atoms with Gasteiger partial charge in [0.05, 0.1) is 11.1 Å². The SMILES string of the molecule is C=Cc1c(F)c(F)c(Nc2ccc(C(=O)OC3(C)C4CC5CC(C4)CC3C5)cc2)c(F)c1F. The van der Waals surface area contributed by atoms with E-state index in [9.17, 15) is 22.4 Å². The van der Waals surface area contributed by atoms with Crippen LogP contribution in [0.25, 0.3) is 6.08 Å². The highest BCUT2D eigenvalue weighted by atomic mass is 19.2. The highest BCUT2D eigenvalue weighted by molar-refractivity contribution is 5.90. The van der Waals surface area contributed by atoms with E-state index in [1.54, 1.807) is 0 Å². The Labute approximate surface area is 189 Å². The first-order chi connectivity index (χ1) is 15.7. The largest absolute Gasteiger partial charge is 0.455 e. The van der Waals surface area contributed by atoms with Gasteiger partial charge in [0, 0.05) is 5.69 Å². The first-order valence-electron chi connectivity index (χ1n) is 11.3. The molecule has 1 N–H and O–H groups in total. The van der Waals surface area contributed by atoms with Crippen molar-refractivity contribution >= 4 is 23.4 Å². The van der Waals surface area contributed by atoms with Crippen molar-refractivity contribution < 1.29 is 27.1 Å².